The van der Waals surface area contributed by atoms with Gasteiger partial charge in [-0.1, -0.05) is 24.6 Å². The summed E-state index contributed by atoms with van der Waals surface area (Å²) in [7, 11) is 0. The molecule has 4 heteroatoms. The molecule has 0 saturated carbocycles. The minimum atomic E-state index is 0.245. The van der Waals surface area contributed by atoms with Crippen LogP contribution in [0.3, 0.4) is 0 Å². The van der Waals surface area contributed by atoms with Gasteiger partial charge in [-0.15, -0.1) is 0 Å². The maximum Gasteiger partial charge on any atom is 0.120 e. The summed E-state index contributed by atoms with van der Waals surface area (Å²) < 4.78 is 0. The van der Waals surface area contributed by atoms with E-state index < -0.39 is 0 Å². The Hall–Kier alpha value is -1.10. The largest absolute Gasteiger partial charge is 0.508 e. The van der Waals surface area contributed by atoms with Gasteiger partial charge in [0, 0.05) is 44.3 Å². The molecule has 20 heavy (non-hydrogen) atoms. The zero-order valence-electron chi connectivity index (χ0n) is 12.5. The smallest absolute Gasteiger partial charge is 0.120 e. The quantitative estimate of drug-likeness (QED) is 0.858. The maximum absolute atomic E-state index is 9.91. The second-order valence-corrected chi connectivity index (χ2v) is 5.69. The van der Waals surface area contributed by atoms with Crippen molar-refractivity contribution >= 4 is 0 Å². The molecule has 2 N–H and O–H groups in total. The number of aliphatic hydroxyl groups excluding tert-OH is 1. The van der Waals surface area contributed by atoms with Gasteiger partial charge in [0.2, 0.25) is 0 Å². The topological polar surface area (TPSA) is 46.9 Å². The fraction of sp³-hybridized carbons (Fsp3) is 0.625. The van der Waals surface area contributed by atoms with Crippen LogP contribution >= 0.6 is 0 Å². The van der Waals surface area contributed by atoms with Crippen LogP contribution in [-0.2, 0) is 6.54 Å². The van der Waals surface area contributed by atoms with E-state index in [-0.39, 0.29) is 6.61 Å². The van der Waals surface area contributed by atoms with Gasteiger partial charge < -0.3 is 10.2 Å². The number of benzene rings is 1. The van der Waals surface area contributed by atoms with Crippen LogP contribution in [0.2, 0.25) is 0 Å². The third kappa shape index (κ3) is 3.72. The van der Waals surface area contributed by atoms with E-state index >= 15 is 0 Å². The number of hydrogen-bond acceptors (Lipinski definition) is 4. The average Bonchev–Trinajstić information content (AvgIpc) is 2.46. The SMILES string of the molecule is CCC(CO)N1CCN(Cc2cc(C)ccc2O)CC1. The van der Waals surface area contributed by atoms with Crippen molar-refractivity contribution in [2.24, 2.45) is 0 Å². The third-order valence-electron chi connectivity index (χ3n) is 4.23. The molecule has 0 aromatic heterocycles. The first-order chi connectivity index (χ1) is 9.63. The van der Waals surface area contributed by atoms with Crippen molar-refractivity contribution in [1.29, 1.82) is 0 Å². The summed E-state index contributed by atoms with van der Waals surface area (Å²) in [6.45, 7) is 9.18. The van der Waals surface area contributed by atoms with E-state index in [1.165, 1.54) is 5.56 Å². The summed E-state index contributed by atoms with van der Waals surface area (Å²) in [6, 6.07) is 6.07. The van der Waals surface area contributed by atoms with E-state index in [1.54, 1.807) is 6.07 Å². The fourth-order valence-electron chi connectivity index (χ4n) is 2.87. The van der Waals surface area contributed by atoms with Crippen molar-refractivity contribution in [3.8, 4) is 5.75 Å². The Morgan fingerprint density at radius 1 is 1.20 bits per heavy atom. The standard InChI is InChI=1S/C16H26N2O2/c1-3-15(12-19)18-8-6-17(7-9-18)11-14-10-13(2)4-5-16(14)20/h4-5,10,15,19-20H,3,6-9,11-12H2,1-2H3. The normalized spacial score (nSPS) is 19.1. The third-order valence-corrected chi connectivity index (χ3v) is 4.23. The Morgan fingerprint density at radius 2 is 1.90 bits per heavy atom. The lowest BCUT2D eigenvalue weighted by Crippen LogP contribution is -2.50. The first-order valence-corrected chi connectivity index (χ1v) is 7.49. The molecular weight excluding hydrogens is 252 g/mol. The van der Waals surface area contributed by atoms with E-state index in [0.29, 0.717) is 11.8 Å². The number of nitrogens with zero attached hydrogens (tertiary/aromatic N) is 2. The van der Waals surface area contributed by atoms with Gasteiger partial charge in [-0.3, -0.25) is 9.80 Å². The van der Waals surface area contributed by atoms with E-state index in [4.69, 9.17) is 0 Å². The van der Waals surface area contributed by atoms with Crippen LogP contribution < -0.4 is 0 Å². The highest BCUT2D eigenvalue weighted by Crippen LogP contribution is 2.21. The van der Waals surface area contributed by atoms with Crippen LogP contribution in [0, 0.1) is 6.92 Å². The number of rotatable bonds is 5. The molecule has 1 fully saturated rings. The molecule has 1 aliphatic heterocycles. The van der Waals surface area contributed by atoms with Crippen molar-refractivity contribution in [1.82, 2.24) is 9.80 Å². The van der Waals surface area contributed by atoms with Gasteiger partial charge in [-0.2, -0.15) is 0 Å². The molecule has 1 aromatic rings. The first kappa shape index (κ1) is 15.3. The zero-order valence-corrected chi connectivity index (χ0v) is 12.5. The second kappa shape index (κ2) is 7.07. The molecule has 1 aromatic carbocycles. The van der Waals surface area contributed by atoms with Gasteiger partial charge in [0.05, 0.1) is 6.61 Å². The summed E-state index contributed by atoms with van der Waals surface area (Å²) in [6.07, 6.45) is 0.995. The Morgan fingerprint density at radius 3 is 2.50 bits per heavy atom. The van der Waals surface area contributed by atoms with Gasteiger partial charge in [-0.25, -0.2) is 0 Å². The molecule has 1 heterocycles. The summed E-state index contributed by atoms with van der Waals surface area (Å²) in [5, 5.41) is 19.3. The van der Waals surface area contributed by atoms with E-state index in [1.807, 2.05) is 13.0 Å². The highest BCUT2D eigenvalue weighted by molar-refractivity contribution is 5.35. The molecule has 2 rings (SSSR count). The molecule has 4 nitrogen and oxygen atoms in total. The van der Waals surface area contributed by atoms with Crippen LogP contribution in [0.25, 0.3) is 0 Å². The van der Waals surface area contributed by atoms with Crippen molar-refractivity contribution in [3.63, 3.8) is 0 Å². The van der Waals surface area contributed by atoms with Crippen molar-refractivity contribution in [2.45, 2.75) is 32.9 Å². The van der Waals surface area contributed by atoms with Gasteiger partial charge in [0.25, 0.3) is 0 Å². The van der Waals surface area contributed by atoms with Gasteiger partial charge >= 0.3 is 0 Å². The molecule has 0 radical (unpaired) electrons. The molecule has 0 bridgehead atoms. The van der Waals surface area contributed by atoms with Gasteiger partial charge in [-0.05, 0) is 19.4 Å². The summed E-state index contributed by atoms with van der Waals surface area (Å²) in [5.41, 5.74) is 2.19. The number of hydrogen-bond donors (Lipinski definition) is 2. The molecule has 1 saturated heterocycles. The number of aromatic hydroxyl groups is 1. The Labute approximate surface area is 121 Å². The van der Waals surface area contributed by atoms with Crippen LogP contribution in [0.4, 0.5) is 0 Å². The van der Waals surface area contributed by atoms with E-state index in [2.05, 4.69) is 22.8 Å². The Balaban J connectivity index is 1.89. The first-order valence-electron chi connectivity index (χ1n) is 7.49. The minimum absolute atomic E-state index is 0.245. The average molecular weight is 278 g/mol. The van der Waals surface area contributed by atoms with Crippen LogP contribution in [0.1, 0.15) is 24.5 Å². The van der Waals surface area contributed by atoms with E-state index in [0.717, 1.165) is 44.7 Å². The molecular formula is C16H26N2O2. The predicted molar refractivity (Wildman–Crippen MR) is 80.9 cm³/mol. The van der Waals surface area contributed by atoms with Crippen LogP contribution in [0.15, 0.2) is 18.2 Å². The van der Waals surface area contributed by atoms with Crippen molar-refractivity contribution < 1.29 is 10.2 Å². The predicted octanol–water partition coefficient (Wildman–Crippen LogP) is 1.59. The maximum atomic E-state index is 9.91. The molecule has 1 unspecified atom stereocenters. The molecule has 1 atom stereocenters. The highest BCUT2D eigenvalue weighted by Gasteiger charge is 2.22. The Kier molecular flexibility index (Phi) is 5.40. The lowest BCUT2D eigenvalue weighted by molar-refractivity contribution is 0.0605. The number of piperazine rings is 1. The minimum Gasteiger partial charge on any atom is -0.508 e. The zero-order chi connectivity index (χ0) is 14.5. The number of aryl methyl sites for hydroxylation is 1. The fourth-order valence-corrected chi connectivity index (χ4v) is 2.87. The van der Waals surface area contributed by atoms with Crippen molar-refractivity contribution in [2.75, 3.05) is 32.8 Å². The Bertz CT molecular complexity index is 424. The molecule has 112 valence electrons. The number of aliphatic hydroxyl groups is 1. The van der Waals surface area contributed by atoms with Crippen LogP contribution in [0.5, 0.6) is 5.75 Å². The van der Waals surface area contributed by atoms with E-state index in [9.17, 15) is 10.2 Å². The molecule has 1 aliphatic rings. The second-order valence-electron chi connectivity index (χ2n) is 5.69. The summed E-state index contributed by atoms with van der Waals surface area (Å²) in [4.78, 5) is 4.74. The lowest BCUT2D eigenvalue weighted by atomic mass is 10.1. The van der Waals surface area contributed by atoms with Gasteiger partial charge in [0.1, 0.15) is 5.75 Å². The van der Waals surface area contributed by atoms with Crippen molar-refractivity contribution in [3.05, 3.63) is 29.3 Å². The highest BCUT2D eigenvalue weighted by atomic mass is 16.3. The lowest BCUT2D eigenvalue weighted by Gasteiger charge is -2.38. The monoisotopic (exact) mass is 278 g/mol. The molecule has 0 spiro atoms. The summed E-state index contributed by atoms with van der Waals surface area (Å²) in [5.74, 6) is 0.389. The van der Waals surface area contributed by atoms with Crippen LogP contribution in [-0.4, -0.2) is 58.8 Å². The number of phenols is 1. The number of phenolic OH excluding ortho intramolecular Hbond substituents is 1. The molecule has 0 aliphatic carbocycles. The van der Waals surface area contributed by atoms with Gasteiger partial charge in [0.15, 0.2) is 0 Å². The summed E-state index contributed by atoms with van der Waals surface area (Å²) >= 11 is 0. The molecule has 0 amide bonds.